The number of rotatable bonds is 3. The average Bonchev–Trinajstić information content (AvgIpc) is 2.23. The molecule has 5 heteroatoms. The van der Waals surface area contributed by atoms with Crippen LogP contribution in [0.5, 0.6) is 0 Å². The van der Waals surface area contributed by atoms with E-state index in [0.717, 1.165) is 0 Å². The molecular formula is C13H20NO3S+. The van der Waals surface area contributed by atoms with Gasteiger partial charge in [0.15, 0.2) is 9.84 Å². The van der Waals surface area contributed by atoms with Crippen molar-refractivity contribution in [2.45, 2.75) is 31.2 Å². The van der Waals surface area contributed by atoms with E-state index in [2.05, 4.69) is 0 Å². The quantitative estimate of drug-likeness (QED) is 0.478. The fourth-order valence-corrected chi connectivity index (χ4v) is 2.45. The minimum atomic E-state index is -3.25. The van der Waals surface area contributed by atoms with Crippen molar-refractivity contribution in [3.05, 3.63) is 29.8 Å². The van der Waals surface area contributed by atoms with E-state index in [1.54, 1.807) is 42.3 Å². The number of hydrogen-bond donors (Lipinski definition) is 0. The third kappa shape index (κ3) is 3.57. The second-order valence-electron chi connectivity index (χ2n) is 5.12. The van der Waals surface area contributed by atoms with Crippen LogP contribution in [0.3, 0.4) is 0 Å². The molecule has 0 bridgehead atoms. The highest BCUT2D eigenvalue weighted by Crippen LogP contribution is 2.15. The van der Waals surface area contributed by atoms with Gasteiger partial charge >= 0.3 is 0 Å². The van der Waals surface area contributed by atoms with E-state index in [1.807, 2.05) is 20.8 Å². The Kier molecular flexibility index (Phi) is 4.16. The lowest BCUT2D eigenvalue weighted by Crippen LogP contribution is -2.33. The Morgan fingerprint density at radius 2 is 1.78 bits per heavy atom. The molecule has 0 aliphatic heterocycles. The van der Waals surface area contributed by atoms with Crippen molar-refractivity contribution in [1.29, 1.82) is 0 Å². The lowest BCUT2D eigenvalue weighted by atomic mass is 10.1. The summed E-state index contributed by atoms with van der Waals surface area (Å²) in [5, 5.41) is 0. The topological polar surface area (TPSA) is 46.4 Å². The van der Waals surface area contributed by atoms with E-state index >= 15 is 0 Å². The first-order chi connectivity index (χ1) is 8.16. The van der Waals surface area contributed by atoms with Crippen molar-refractivity contribution < 1.29 is 18.0 Å². The molecule has 0 amide bonds. The molecular weight excluding hydrogens is 250 g/mol. The number of nitrogens with zero attached hydrogens (tertiary/aromatic N) is 1. The second kappa shape index (κ2) is 5.10. The molecule has 0 N–H and O–H groups in total. The van der Waals surface area contributed by atoms with E-state index in [4.69, 9.17) is 4.84 Å². The molecule has 0 unspecified atom stereocenters. The second-order valence-corrected chi connectivity index (χ2v) is 7.10. The molecule has 0 aliphatic carbocycles. The molecule has 18 heavy (non-hydrogen) atoms. The van der Waals surface area contributed by atoms with E-state index in [9.17, 15) is 8.42 Å². The molecule has 100 valence electrons. The third-order valence-corrected chi connectivity index (χ3v) is 3.60. The van der Waals surface area contributed by atoms with Crippen LogP contribution in [-0.2, 0) is 14.7 Å². The van der Waals surface area contributed by atoms with E-state index in [0.29, 0.717) is 10.5 Å². The highest BCUT2D eigenvalue weighted by atomic mass is 32.2. The van der Waals surface area contributed by atoms with Crippen LogP contribution in [0.2, 0.25) is 0 Å². The summed E-state index contributed by atoms with van der Waals surface area (Å²) in [6, 6.07) is 6.87. The van der Waals surface area contributed by atoms with Crippen LogP contribution < -0.4 is 0 Å². The third-order valence-electron chi connectivity index (χ3n) is 2.43. The number of sulfone groups is 1. The van der Waals surface area contributed by atoms with Crippen LogP contribution in [0, 0.1) is 0 Å². The molecule has 1 rings (SSSR count). The monoisotopic (exact) mass is 270 g/mol. The summed E-state index contributed by atoms with van der Waals surface area (Å²) in [4.78, 5) is 5.57. The van der Waals surface area contributed by atoms with Gasteiger partial charge in [-0.05, 0) is 16.9 Å². The largest absolute Gasteiger partial charge is 0.280 e. The van der Waals surface area contributed by atoms with Gasteiger partial charge in [0, 0.05) is 27.0 Å². The van der Waals surface area contributed by atoms with Gasteiger partial charge in [-0.2, -0.15) is 0 Å². The Morgan fingerprint density at radius 1 is 1.22 bits per heavy atom. The van der Waals surface area contributed by atoms with Gasteiger partial charge in [0.2, 0.25) is 11.8 Å². The lowest BCUT2D eigenvalue weighted by Gasteiger charge is -2.13. The van der Waals surface area contributed by atoms with Gasteiger partial charge in [-0.1, -0.05) is 12.1 Å². The SMILES string of the molecule is CO/[N+](=C\c1ccccc1S(C)(=O)=O)C(C)(C)C. The molecule has 4 nitrogen and oxygen atoms in total. The van der Waals surface area contributed by atoms with Crippen LogP contribution in [0.25, 0.3) is 0 Å². The number of benzene rings is 1. The van der Waals surface area contributed by atoms with Crippen molar-refractivity contribution in [1.82, 2.24) is 0 Å². The van der Waals surface area contributed by atoms with Gasteiger partial charge in [0.1, 0.15) is 7.11 Å². The minimum absolute atomic E-state index is 0.251. The molecule has 0 saturated carbocycles. The van der Waals surface area contributed by atoms with Gasteiger partial charge < -0.3 is 0 Å². The molecule has 0 aliphatic rings. The number of hydrogen-bond acceptors (Lipinski definition) is 3. The molecule has 0 fully saturated rings. The summed E-state index contributed by atoms with van der Waals surface area (Å²) in [5.41, 5.74) is 0.371. The van der Waals surface area contributed by atoms with E-state index < -0.39 is 9.84 Å². The van der Waals surface area contributed by atoms with Gasteiger partial charge in [-0.25, -0.2) is 8.42 Å². The minimum Gasteiger partial charge on any atom is -0.280 e. The van der Waals surface area contributed by atoms with E-state index in [1.165, 1.54) is 6.26 Å². The standard InChI is InChI=1S/C13H20NO3S/c1-13(2,3)14(17-4)10-11-8-6-7-9-12(11)18(5,15)16/h6-10H,1-5H3/q+1/b14-10-. The highest BCUT2D eigenvalue weighted by molar-refractivity contribution is 7.90. The molecule has 1 aromatic carbocycles. The van der Waals surface area contributed by atoms with Crippen LogP contribution in [0.1, 0.15) is 26.3 Å². The maximum Gasteiger partial charge on any atom is 0.224 e. The van der Waals surface area contributed by atoms with Crippen LogP contribution in [-0.4, -0.2) is 38.3 Å². The Morgan fingerprint density at radius 3 is 2.22 bits per heavy atom. The first-order valence-electron chi connectivity index (χ1n) is 5.63. The fourth-order valence-electron chi connectivity index (χ4n) is 1.57. The Labute approximate surface area is 109 Å². The molecule has 0 spiro atoms. The first-order valence-corrected chi connectivity index (χ1v) is 7.53. The summed E-state index contributed by atoms with van der Waals surface area (Å²) < 4.78 is 25.0. The van der Waals surface area contributed by atoms with Crippen molar-refractivity contribution in [3.63, 3.8) is 0 Å². The Bertz CT molecular complexity index is 554. The van der Waals surface area contributed by atoms with Crippen LogP contribution >= 0.6 is 0 Å². The Balaban J connectivity index is 3.40. The lowest BCUT2D eigenvalue weighted by molar-refractivity contribution is -0.821. The van der Waals surface area contributed by atoms with E-state index in [-0.39, 0.29) is 5.54 Å². The summed E-state index contributed by atoms with van der Waals surface area (Å²) in [6.07, 6.45) is 2.91. The van der Waals surface area contributed by atoms with Gasteiger partial charge in [-0.15, -0.1) is 0 Å². The molecule has 0 saturated heterocycles. The van der Waals surface area contributed by atoms with Gasteiger partial charge in [0.25, 0.3) is 0 Å². The van der Waals surface area contributed by atoms with Crippen molar-refractivity contribution >= 4 is 16.1 Å². The molecule has 0 atom stereocenters. The molecule has 0 heterocycles. The van der Waals surface area contributed by atoms with Crippen LogP contribution in [0.15, 0.2) is 29.2 Å². The molecule has 0 aromatic heterocycles. The molecule has 1 aromatic rings. The zero-order valence-electron chi connectivity index (χ0n) is 11.5. The van der Waals surface area contributed by atoms with Gasteiger partial charge in [-0.3, -0.25) is 4.84 Å². The fraction of sp³-hybridized carbons (Fsp3) is 0.462. The van der Waals surface area contributed by atoms with Gasteiger partial charge in [0.05, 0.1) is 10.5 Å². The summed E-state index contributed by atoms with van der Waals surface area (Å²) in [6.45, 7) is 5.95. The predicted octanol–water partition coefficient (Wildman–Crippen LogP) is 1.88. The maximum absolute atomic E-state index is 11.7. The average molecular weight is 270 g/mol. The first kappa shape index (κ1) is 14.7. The summed E-state index contributed by atoms with van der Waals surface area (Å²) in [5.74, 6) is 0. The zero-order valence-corrected chi connectivity index (χ0v) is 12.3. The van der Waals surface area contributed by atoms with Crippen LogP contribution in [0.4, 0.5) is 0 Å². The van der Waals surface area contributed by atoms with Crippen molar-refractivity contribution in [2.75, 3.05) is 13.4 Å². The summed E-state index contributed by atoms with van der Waals surface area (Å²) in [7, 11) is -1.69. The number of hydroxylamine groups is 1. The zero-order chi connectivity index (χ0) is 14.0. The predicted molar refractivity (Wildman–Crippen MR) is 71.7 cm³/mol. The Hall–Kier alpha value is -1.36. The van der Waals surface area contributed by atoms with Crippen molar-refractivity contribution in [2.24, 2.45) is 0 Å². The smallest absolute Gasteiger partial charge is 0.224 e. The highest BCUT2D eigenvalue weighted by Gasteiger charge is 2.27. The summed E-state index contributed by atoms with van der Waals surface area (Å²) >= 11 is 0. The molecule has 0 radical (unpaired) electrons. The van der Waals surface area contributed by atoms with Crippen molar-refractivity contribution in [3.8, 4) is 0 Å². The normalized spacial score (nSPS) is 13.5. The maximum atomic E-state index is 11.7.